The van der Waals surface area contributed by atoms with E-state index in [4.69, 9.17) is 0 Å². The highest BCUT2D eigenvalue weighted by Crippen LogP contribution is 2.25. The molecule has 0 aliphatic heterocycles. The van der Waals surface area contributed by atoms with Gasteiger partial charge in [0.2, 0.25) is 0 Å². The van der Waals surface area contributed by atoms with E-state index in [9.17, 15) is 26.4 Å². The van der Waals surface area contributed by atoms with Crippen molar-refractivity contribution in [2.75, 3.05) is 6.61 Å². The molecule has 0 heterocycles. The molecule has 0 aliphatic rings. The van der Waals surface area contributed by atoms with Crippen LogP contribution in [0.25, 0.3) is 0 Å². The zero-order valence-corrected chi connectivity index (χ0v) is 15.2. The van der Waals surface area contributed by atoms with Gasteiger partial charge in [-0.25, -0.2) is 0 Å². The summed E-state index contributed by atoms with van der Waals surface area (Å²) in [6.45, 7) is 2.88. The summed E-state index contributed by atoms with van der Waals surface area (Å²) in [7, 11) is -5.78. The number of rotatable bonds is 10. The van der Waals surface area contributed by atoms with Gasteiger partial charge in [0.05, 0.1) is 0 Å². The van der Waals surface area contributed by atoms with Crippen LogP contribution in [-0.2, 0) is 27.1 Å². The molecule has 0 radical (unpaired) electrons. The first-order chi connectivity index (χ1) is 11.6. The fourth-order valence-electron chi connectivity index (χ4n) is 2.42. The van der Waals surface area contributed by atoms with E-state index in [2.05, 4.69) is 4.18 Å². The molecular formula is C17H23F3O4S. The minimum atomic E-state index is -5.78. The third kappa shape index (κ3) is 6.11. The molecule has 8 heteroatoms. The van der Waals surface area contributed by atoms with Gasteiger partial charge in [-0.3, -0.25) is 8.98 Å². The lowest BCUT2D eigenvalue weighted by Gasteiger charge is -2.14. The summed E-state index contributed by atoms with van der Waals surface area (Å²) in [6, 6.07) is 5.06. The lowest BCUT2D eigenvalue weighted by molar-refractivity contribution is -0.0536. The summed E-state index contributed by atoms with van der Waals surface area (Å²) < 4.78 is 62.7. The van der Waals surface area contributed by atoms with Gasteiger partial charge in [-0.05, 0) is 36.8 Å². The van der Waals surface area contributed by atoms with Crippen LogP contribution in [0.2, 0.25) is 0 Å². The van der Waals surface area contributed by atoms with Crippen molar-refractivity contribution >= 4 is 15.9 Å². The summed E-state index contributed by atoms with van der Waals surface area (Å²) in [5, 5.41) is 0. The smallest absolute Gasteiger partial charge is 0.291 e. The Morgan fingerprint density at radius 2 is 1.68 bits per heavy atom. The van der Waals surface area contributed by atoms with E-state index in [-0.39, 0.29) is 5.56 Å². The molecule has 0 saturated carbocycles. The van der Waals surface area contributed by atoms with Crippen LogP contribution < -0.4 is 0 Å². The van der Waals surface area contributed by atoms with E-state index < -0.39 is 28.0 Å². The Kier molecular flexibility index (Phi) is 8.08. The molecule has 0 aliphatic carbocycles. The van der Waals surface area contributed by atoms with Gasteiger partial charge in [-0.1, -0.05) is 44.9 Å². The number of aryl methyl sites for hydroxylation is 1. The van der Waals surface area contributed by atoms with Gasteiger partial charge in [0, 0.05) is 5.56 Å². The maximum Gasteiger partial charge on any atom is 0.523 e. The van der Waals surface area contributed by atoms with Crippen LogP contribution in [0.5, 0.6) is 0 Å². The SMILES string of the molecule is CCCCc1cccc(C(=O)COS(=O)(=O)C(F)(F)F)c1CCCC. The number of carbonyl (C=O) groups excluding carboxylic acids is 1. The number of hydrogen-bond acceptors (Lipinski definition) is 4. The quantitative estimate of drug-likeness (QED) is 0.342. The summed E-state index contributed by atoms with van der Waals surface area (Å²) in [5.74, 6) is -0.766. The van der Waals surface area contributed by atoms with Crippen LogP contribution >= 0.6 is 0 Å². The molecule has 0 N–H and O–H groups in total. The Bertz CT molecular complexity index is 682. The Morgan fingerprint density at radius 3 is 2.24 bits per heavy atom. The van der Waals surface area contributed by atoms with Gasteiger partial charge in [0.25, 0.3) is 0 Å². The number of benzene rings is 1. The Morgan fingerprint density at radius 1 is 1.08 bits per heavy atom. The number of Topliss-reactive ketones (excluding diaryl/α,β-unsaturated/α-hetero) is 1. The first-order valence-electron chi connectivity index (χ1n) is 8.23. The highest BCUT2D eigenvalue weighted by molar-refractivity contribution is 7.87. The van der Waals surface area contributed by atoms with Crippen molar-refractivity contribution in [3.8, 4) is 0 Å². The Labute approximate surface area is 146 Å². The second-order valence-electron chi connectivity index (χ2n) is 5.74. The van der Waals surface area contributed by atoms with Crippen LogP contribution in [-0.4, -0.2) is 26.3 Å². The predicted molar refractivity (Wildman–Crippen MR) is 88.9 cm³/mol. The molecular weight excluding hydrogens is 357 g/mol. The van der Waals surface area contributed by atoms with Gasteiger partial charge in [-0.2, -0.15) is 21.6 Å². The number of carbonyl (C=O) groups is 1. The van der Waals surface area contributed by atoms with E-state index in [1.54, 1.807) is 6.07 Å². The van der Waals surface area contributed by atoms with Crippen LogP contribution in [0, 0.1) is 0 Å². The van der Waals surface area contributed by atoms with Crippen molar-refractivity contribution < 1.29 is 30.6 Å². The minimum Gasteiger partial charge on any atom is -0.291 e. The maximum absolute atomic E-state index is 12.3. The van der Waals surface area contributed by atoms with Crippen LogP contribution in [0.1, 0.15) is 61.0 Å². The van der Waals surface area contributed by atoms with E-state index >= 15 is 0 Å². The lowest BCUT2D eigenvalue weighted by Crippen LogP contribution is -2.28. The van der Waals surface area contributed by atoms with Crippen molar-refractivity contribution in [2.24, 2.45) is 0 Å². The molecule has 0 spiro atoms. The standard InChI is InChI=1S/C17H23F3O4S/c1-3-5-8-13-9-7-11-15(14(13)10-6-4-2)16(21)12-24-25(22,23)17(18,19)20/h7,9,11H,3-6,8,10,12H2,1-2H3. The number of halogens is 3. The van der Waals surface area contributed by atoms with E-state index in [1.165, 1.54) is 6.07 Å². The number of ketones is 1. The summed E-state index contributed by atoms with van der Waals surface area (Å²) in [5.41, 5.74) is -3.56. The zero-order valence-electron chi connectivity index (χ0n) is 14.4. The first kappa shape index (κ1) is 21.6. The second-order valence-corrected chi connectivity index (χ2v) is 7.34. The molecule has 4 nitrogen and oxygen atoms in total. The monoisotopic (exact) mass is 380 g/mol. The normalized spacial score (nSPS) is 12.4. The summed E-state index contributed by atoms with van der Waals surface area (Å²) in [4.78, 5) is 12.3. The molecule has 0 aromatic heterocycles. The average Bonchev–Trinajstić information content (AvgIpc) is 2.55. The Balaban J connectivity index is 3.03. The van der Waals surface area contributed by atoms with Crippen molar-refractivity contribution in [2.45, 2.75) is 57.9 Å². The molecule has 1 aromatic rings. The van der Waals surface area contributed by atoms with Crippen molar-refractivity contribution in [3.05, 3.63) is 34.9 Å². The van der Waals surface area contributed by atoms with Gasteiger partial charge in [-0.15, -0.1) is 0 Å². The molecule has 25 heavy (non-hydrogen) atoms. The minimum absolute atomic E-state index is 0.236. The zero-order chi connectivity index (χ0) is 19.1. The van der Waals surface area contributed by atoms with Gasteiger partial charge >= 0.3 is 15.6 Å². The predicted octanol–water partition coefficient (Wildman–Crippen LogP) is 4.42. The largest absolute Gasteiger partial charge is 0.523 e. The van der Waals surface area contributed by atoms with Crippen molar-refractivity contribution in [1.82, 2.24) is 0 Å². The molecule has 0 unspecified atom stereocenters. The first-order valence-corrected chi connectivity index (χ1v) is 9.64. The van der Waals surface area contributed by atoms with E-state index in [0.29, 0.717) is 6.42 Å². The number of unbranched alkanes of at least 4 members (excludes halogenated alkanes) is 2. The molecule has 142 valence electrons. The fraction of sp³-hybridized carbons (Fsp3) is 0.588. The van der Waals surface area contributed by atoms with E-state index in [1.807, 2.05) is 19.9 Å². The number of hydrogen-bond donors (Lipinski definition) is 0. The van der Waals surface area contributed by atoms with Gasteiger partial charge in [0.15, 0.2) is 5.78 Å². The van der Waals surface area contributed by atoms with Crippen LogP contribution in [0.3, 0.4) is 0 Å². The maximum atomic E-state index is 12.3. The summed E-state index contributed by atoms with van der Waals surface area (Å²) in [6.07, 6.45) is 5.00. The van der Waals surface area contributed by atoms with E-state index in [0.717, 1.165) is 43.2 Å². The molecule has 1 rings (SSSR count). The molecule has 0 atom stereocenters. The lowest BCUT2D eigenvalue weighted by atomic mass is 9.91. The average molecular weight is 380 g/mol. The fourth-order valence-corrected chi connectivity index (χ4v) is 2.82. The van der Waals surface area contributed by atoms with Gasteiger partial charge in [0.1, 0.15) is 6.61 Å². The van der Waals surface area contributed by atoms with Crippen molar-refractivity contribution in [3.63, 3.8) is 0 Å². The molecule has 0 amide bonds. The molecule has 0 saturated heterocycles. The highest BCUT2D eigenvalue weighted by atomic mass is 32.2. The third-order valence-corrected chi connectivity index (χ3v) is 4.78. The molecule has 0 bridgehead atoms. The topological polar surface area (TPSA) is 60.4 Å². The highest BCUT2D eigenvalue weighted by Gasteiger charge is 2.47. The third-order valence-electron chi connectivity index (χ3n) is 3.78. The number of alkyl halides is 3. The van der Waals surface area contributed by atoms with Crippen molar-refractivity contribution in [1.29, 1.82) is 0 Å². The molecule has 1 aromatic carbocycles. The molecule has 0 fully saturated rings. The van der Waals surface area contributed by atoms with Gasteiger partial charge < -0.3 is 0 Å². The Hall–Kier alpha value is -1.41. The summed E-state index contributed by atoms with van der Waals surface area (Å²) >= 11 is 0. The second kappa shape index (κ2) is 9.33. The van der Waals surface area contributed by atoms with Crippen LogP contribution in [0.4, 0.5) is 13.2 Å². The van der Waals surface area contributed by atoms with Crippen LogP contribution in [0.15, 0.2) is 18.2 Å².